The maximum absolute atomic E-state index is 8.57. The van der Waals surface area contributed by atoms with Gasteiger partial charge in [-0.25, -0.2) is 0 Å². The van der Waals surface area contributed by atoms with E-state index in [2.05, 4.69) is 14.9 Å². The lowest BCUT2D eigenvalue weighted by Crippen LogP contribution is -2.27. The number of likely N-dealkylation sites (N-methyl/N-ethyl adjacent to an activating group) is 1. The molecule has 0 radical (unpaired) electrons. The fraction of sp³-hybridized carbons (Fsp3) is 1.00. The molecule has 0 aliphatic rings. The molecule has 0 aromatic rings. The molecule has 12 heavy (non-hydrogen) atoms. The van der Waals surface area contributed by atoms with E-state index in [-0.39, 0.29) is 6.61 Å². The maximum atomic E-state index is 8.57. The van der Waals surface area contributed by atoms with Crippen molar-refractivity contribution in [3.63, 3.8) is 0 Å². The molecule has 5 heteroatoms. The summed E-state index contributed by atoms with van der Waals surface area (Å²) in [6.45, 7) is 5.36. The summed E-state index contributed by atoms with van der Waals surface area (Å²) in [5, 5.41) is 12.0. The summed E-state index contributed by atoms with van der Waals surface area (Å²) < 4.78 is 0. The van der Waals surface area contributed by atoms with Crippen LogP contribution in [-0.2, 0) is 0 Å². The first-order valence-electron chi connectivity index (χ1n) is 4.19. The van der Waals surface area contributed by atoms with Gasteiger partial charge in [-0.3, -0.25) is 0 Å². The van der Waals surface area contributed by atoms with Crippen LogP contribution >= 0.6 is 0 Å². The molecule has 1 N–H and O–H groups in total. The second-order valence-electron chi connectivity index (χ2n) is 2.47. The quantitative estimate of drug-likeness (QED) is 0.353. The fourth-order valence-electron chi connectivity index (χ4n) is 0.953. The van der Waals surface area contributed by atoms with Gasteiger partial charge in [-0.05, 0) is 18.5 Å². The number of hydrogen-bond acceptors (Lipinski definition) is 3. The molecular weight excluding hydrogens is 156 g/mol. The van der Waals surface area contributed by atoms with E-state index < -0.39 is 0 Å². The van der Waals surface area contributed by atoms with Gasteiger partial charge in [-0.1, -0.05) is 12.0 Å². The van der Waals surface area contributed by atoms with Crippen molar-refractivity contribution >= 4 is 0 Å². The highest BCUT2D eigenvalue weighted by Gasteiger charge is 1.99. The van der Waals surface area contributed by atoms with E-state index in [0.29, 0.717) is 6.54 Å². The van der Waals surface area contributed by atoms with E-state index in [1.54, 1.807) is 0 Å². The molecule has 0 saturated heterocycles. The first kappa shape index (κ1) is 11.2. The van der Waals surface area contributed by atoms with Crippen LogP contribution in [0.25, 0.3) is 10.4 Å². The Kier molecular flexibility index (Phi) is 7.79. The first-order valence-corrected chi connectivity index (χ1v) is 4.19. The van der Waals surface area contributed by atoms with Gasteiger partial charge in [0.15, 0.2) is 0 Å². The maximum Gasteiger partial charge on any atom is 0.0443 e. The molecule has 70 valence electrons. The Morgan fingerprint density at radius 3 is 2.75 bits per heavy atom. The summed E-state index contributed by atoms with van der Waals surface area (Å²) in [4.78, 5) is 4.81. The van der Waals surface area contributed by atoms with E-state index in [1.165, 1.54) is 0 Å². The predicted molar refractivity (Wildman–Crippen MR) is 47.8 cm³/mol. The van der Waals surface area contributed by atoms with Crippen molar-refractivity contribution < 1.29 is 5.11 Å². The van der Waals surface area contributed by atoms with E-state index in [9.17, 15) is 0 Å². The molecule has 0 aromatic carbocycles. The largest absolute Gasteiger partial charge is 0.396 e. The molecular formula is C7H16N4O. The average molecular weight is 172 g/mol. The lowest BCUT2D eigenvalue weighted by Gasteiger charge is -2.18. The van der Waals surface area contributed by atoms with Crippen molar-refractivity contribution in [2.45, 2.75) is 13.3 Å². The van der Waals surface area contributed by atoms with Gasteiger partial charge >= 0.3 is 0 Å². The van der Waals surface area contributed by atoms with E-state index >= 15 is 0 Å². The Morgan fingerprint density at radius 2 is 2.25 bits per heavy atom. The highest BCUT2D eigenvalue weighted by molar-refractivity contribution is 4.57. The topological polar surface area (TPSA) is 72.2 Å². The van der Waals surface area contributed by atoms with Crippen LogP contribution in [0.2, 0.25) is 0 Å². The van der Waals surface area contributed by atoms with Crippen molar-refractivity contribution in [2.75, 3.05) is 32.8 Å². The van der Waals surface area contributed by atoms with Crippen LogP contribution in [0.15, 0.2) is 5.11 Å². The molecule has 0 fully saturated rings. The van der Waals surface area contributed by atoms with E-state index in [0.717, 1.165) is 26.1 Å². The molecule has 0 atom stereocenters. The van der Waals surface area contributed by atoms with Gasteiger partial charge in [-0.15, -0.1) is 0 Å². The first-order chi connectivity index (χ1) is 5.85. The molecule has 0 rings (SSSR count). The Labute approximate surface area is 72.6 Å². The molecule has 0 aliphatic heterocycles. The second kappa shape index (κ2) is 8.33. The van der Waals surface area contributed by atoms with Gasteiger partial charge in [0.25, 0.3) is 0 Å². The second-order valence-corrected chi connectivity index (χ2v) is 2.47. The minimum atomic E-state index is 0.220. The van der Waals surface area contributed by atoms with E-state index in [4.69, 9.17) is 10.6 Å². The smallest absolute Gasteiger partial charge is 0.0443 e. The van der Waals surface area contributed by atoms with E-state index in [1.807, 2.05) is 6.92 Å². The van der Waals surface area contributed by atoms with Crippen LogP contribution in [0, 0.1) is 0 Å². The van der Waals surface area contributed by atoms with Crippen molar-refractivity contribution in [1.82, 2.24) is 4.90 Å². The van der Waals surface area contributed by atoms with Gasteiger partial charge in [0, 0.05) is 31.2 Å². The molecule has 5 nitrogen and oxygen atoms in total. The third-order valence-electron chi connectivity index (χ3n) is 1.66. The lowest BCUT2D eigenvalue weighted by atomic mass is 10.4. The third kappa shape index (κ3) is 5.97. The van der Waals surface area contributed by atoms with Crippen molar-refractivity contribution in [2.24, 2.45) is 5.11 Å². The van der Waals surface area contributed by atoms with Gasteiger partial charge in [-0.2, -0.15) is 0 Å². The molecule has 0 unspecified atom stereocenters. The Balaban J connectivity index is 3.45. The van der Waals surface area contributed by atoms with Gasteiger partial charge in [0.1, 0.15) is 0 Å². The molecule has 0 aliphatic carbocycles. The van der Waals surface area contributed by atoms with Crippen LogP contribution < -0.4 is 0 Å². The highest BCUT2D eigenvalue weighted by atomic mass is 16.3. The van der Waals surface area contributed by atoms with Crippen molar-refractivity contribution in [3.05, 3.63) is 10.4 Å². The number of rotatable bonds is 7. The van der Waals surface area contributed by atoms with Gasteiger partial charge in [0.2, 0.25) is 0 Å². The Bertz CT molecular complexity index is 144. The molecule has 0 aromatic heterocycles. The summed E-state index contributed by atoms with van der Waals surface area (Å²) >= 11 is 0. The summed E-state index contributed by atoms with van der Waals surface area (Å²) in [5.74, 6) is 0. The molecule has 0 heterocycles. The van der Waals surface area contributed by atoms with Gasteiger partial charge < -0.3 is 10.0 Å². The number of azide groups is 1. The number of hydrogen-bond donors (Lipinski definition) is 1. The minimum absolute atomic E-state index is 0.220. The van der Waals surface area contributed by atoms with Crippen LogP contribution in [-0.4, -0.2) is 42.8 Å². The highest BCUT2D eigenvalue weighted by Crippen LogP contribution is 1.90. The van der Waals surface area contributed by atoms with Crippen LogP contribution in [0.1, 0.15) is 13.3 Å². The number of nitrogens with zero attached hydrogens (tertiary/aromatic N) is 4. The minimum Gasteiger partial charge on any atom is -0.396 e. The zero-order valence-electron chi connectivity index (χ0n) is 7.48. The van der Waals surface area contributed by atoms with Crippen molar-refractivity contribution in [1.29, 1.82) is 0 Å². The van der Waals surface area contributed by atoms with Crippen LogP contribution in [0.4, 0.5) is 0 Å². The average Bonchev–Trinajstić information content (AvgIpc) is 2.11. The summed E-state index contributed by atoms with van der Waals surface area (Å²) in [6.07, 6.45) is 0.782. The molecule has 0 amide bonds. The summed E-state index contributed by atoms with van der Waals surface area (Å²) in [7, 11) is 0. The van der Waals surface area contributed by atoms with Crippen LogP contribution in [0.5, 0.6) is 0 Å². The number of aliphatic hydroxyl groups excluding tert-OH is 1. The van der Waals surface area contributed by atoms with Gasteiger partial charge in [0.05, 0.1) is 0 Å². The normalized spacial score (nSPS) is 9.92. The SMILES string of the molecule is CCN(CCCO)CCN=[N+]=[N-]. The Morgan fingerprint density at radius 1 is 1.50 bits per heavy atom. The summed E-state index contributed by atoms with van der Waals surface area (Å²) in [5.41, 5.74) is 8.03. The molecule has 0 bridgehead atoms. The lowest BCUT2D eigenvalue weighted by molar-refractivity contribution is 0.233. The zero-order valence-corrected chi connectivity index (χ0v) is 7.48. The summed E-state index contributed by atoms with van der Waals surface area (Å²) in [6, 6.07) is 0. The monoisotopic (exact) mass is 172 g/mol. The molecule has 0 spiro atoms. The number of aliphatic hydroxyl groups is 1. The molecule has 0 saturated carbocycles. The Hall–Kier alpha value is -0.770. The fourth-order valence-corrected chi connectivity index (χ4v) is 0.953. The third-order valence-corrected chi connectivity index (χ3v) is 1.66. The van der Waals surface area contributed by atoms with Crippen LogP contribution in [0.3, 0.4) is 0 Å². The van der Waals surface area contributed by atoms with Crippen molar-refractivity contribution in [3.8, 4) is 0 Å². The standard InChI is InChI=1S/C7H16N4O/c1-2-11(5-3-7-12)6-4-9-10-8/h12H,2-7H2,1H3. The zero-order chi connectivity index (χ0) is 9.23. The predicted octanol–water partition coefficient (Wildman–Crippen LogP) is 1.00.